The van der Waals surface area contributed by atoms with Crippen molar-refractivity contribution in [1.82, 2.24) is 4.90 Å². The molecule has 112 valence electrons. The number of hydrogen-bond acceptors (Lipinski definition) is 2. The maximum atomic E-state index is 12.5. The third kappa shape index (κ3) is 3.12. The molecular formula is C18H23NO2. The molecule has 0 N–H and O–H groups in total. The fourth-order valence-corrected chi connectivity index (χ4v) is 3.30. The average molecular weight is 285 g/mol. The maximum Gasteiger partial charge on any atom is 0.289 e. The SMILES string of the molecule is Cc1ccc2oc(C(=O)N(C)CC3CCCCC3)cc2c1. The van der Waals surface area contributed by atoms with Gasteiger partial charge in [0.2, 0.25) is 0 Å². The lowest BCUT2D eigenvalue weighted by Gasteiger charge is -2.26. The highest BCUT2D eigenvalue weighted by molar-refractivity contribution is 5.96. The van der Waals surface area contributed by atoms with Gasteiger partial charge in [-0.15, -0.1) is 0 Å². The molecule has 1 saturated carbocycles. The van der Waals surface area contributed by atoms with Crippen LogP contribution in [0.4, 0.5) is 0 Å². The molecule has 0 unspecified atom stereocenters. The number of hydrogen-bond donors (Lipinski definition) is 0. The summed E-state index contributed by atoms with van der Waals surface area (Å²) < 4.78 is 5.70. The second-order valence-corrected chi connectivity index (χ2v) is 6.34. The summed E-state index contributed by atoms with van der Waals surface area (Å²) in [6, 6.07) is 7.85. The van der Waals surface area contributed by atoms with E-state index >= 15 is 0 Å². The monoisotopic (exact) mass is 285 g/mol. The van der Waals surface area contributed by atoms with Crippen LogP contribution in [0.1, 0.15) is 48.2 Å². The average Bonchev–Trinajstić information content (AvgIpc) is 2.90. The highest BCUT2D eigenvalue weighted by Crippen LogP contribution is 2.25. The van der Waals surface area contributed by atoms with Gasteiger partial charge in [0.25, 0.3) is 5.91 Å². The zero-order valence-electron chi connectivity index (χ0n) is 12.9. The lowest BCUT2D eigenvalue weighted by molar-refractivity contribution is 0.0731. The molecule has 3 rings (SSSR count). The molecule has 21 heavy (non-hydrogen) atoms. The molecule has 1 heterocycles. The third-order valence-electron chi connectivity index (χ3n) is 4.49. The van der Waals surface area contributed by atoms with Crippen molar-refractivity contribution < 1.29 is 9.21 Å². The Morgan fingerprint density at radius 2 is 2.00 bits per heavy atom. The van der Waals surface area contributed by atoms with Gasteiger partial charge in [0.1, 0.15) is 5.58 Å². The van der Waals surface area contributed by atoms with E-state index in [0.29, 0.717) is 11.7 Å². The first-order chi connectivity index (χ1) is 10.1. The minimum absolute atomic E-state index is 0.00516. The minimum atomic E-state index is -0.00516. The molecule has 3 nitrogen and oxygen atoms in total. The largest absolute Gasteiger partial charge is 0.451 e. The van der Waals surface area contributed by atoms with Gasteiger partial charge in [-0.3, -0.25) is 4.79 Å². The van der Waals surface area contributed by atoms with Gasteiger partial charge in [-0.05, 0) is 43.9 Å². The number of aryl methyl sites for hydroxylation is 1. The molecule has 3 heteroatoms. The van der Waals surface area contributed by atoms with Gasteiger partial charge in [-0.2, -0.15) is 0 Å². The van der Waals surface area contributed by atoms with E-state index in [4.69, 9.17) is 4.42 Å². The van der Waals surface area contributed by atoms with E-state index < -0.39 is 0 Å². The van der Waals surface area contributed by atoms with Crippen molar-refractivity contribution in [2.75, 3.05) is 13.6 Å². The second-order valence-electron chi connectivity index (χ2n) is 6.34. The number of nitrogens with zero attached hydrogens (tertiary/aromatic N) is 1. The van der Waals surface area contributed by atoms with Gasteiger partial charge < -0.3 is 9.32 Å². The van der Waals surface area contributed by atoms with Gasteiger partial charge in [-0.1, -0.05) is 30.9 Å². The standard InChI is InChI=1S/C18H23NO2/c1-13-8-9-16-15(10-13)11-17(21-16)18(20)19(2)12-14-6-4-3-5-7-14/h8-11,14H,3-7,12H2,1-2H3. The van der Waals surface area contributed by atoms with E-state index in [1.165, 1.54) is 37.7 Å². The number of furan rings is 1. The Morgan fingerprint density at radius 3 is 2.76 bits per heavy atom. The first-order valence-corrected chi connectivity index (χ1v) is 7.89. The molecule has 1 fully saturated rings. The Morgan fingerprint density at radius 1 is 1.24 bits per heavy atom. The van der Waals surface area contributed by atoms with Crippen molar-refractivity contribution in [2.45, 2.75) is 39.0 Å². The van der Waals surface area contributed by atoms with Crippen LogP contribution >= 0.6 is 0 Å². The van der Waals surface area contributed by atoms with Gasteiger partial charge in [0.15, 0.2) is 5.76 Å². The summed E-state index contributed by atoms with van der Waals surface area (Å²) in [5.41, 5.74) is 1.97. The van der Waals surface area contributed by atoms with Crippen LogP contribution in [0.2, 0.25) is 0 Å². The van der Waals surface area contributed by atoms with Crippen LogP contribution in [-0.4, -0.2) is 24.4 Å². The predicted molar refractivity (Wildman–Crippen MR) is 84.5 cm³/mol. The minimum Gasteiger partial charge on any atom is -0.451 e. The van der Waals surface area contributed by atoms with Gasteiger partial charge in [-0.25, -0.2) is 0 Å². The molecule has 1 aromatic carbocycles. The summed E-state index contributed by atoms with van der Waals surface area (Å²) >= 11 is 0. The first kappa shape index (κ1) is 14.2. The topological polar surface area (TPSA) is 33.5 Å². The molecule has 1 aromatic heterocycles. The summed E-state index contributed by atoms with van der Waals surface area (Å²) in [4.78, 5) is 14.3. The van der Waals surface area contributed by atoms with Crippen LogP contribution in [0.15, 0.2) is 28.7 Å². The lowest BCUT2D eigenvalue weighted by Crippen LogP contribution is -2.32. The van der Waals surface area contributed by atoms with Crippen LogP contribution in [0.25, 0.3) is 11.0 Å². The Kier molecular flexibility index (Phi) is 4.00. The second kappa shape index (κ2) is 5.92. The normalized spacial score (nSPS) is 16.3. The Balaban J connectivity index is 1.72. The van der Waals surface area contributed by atoms with E-state index in [2.05, 4.69) is 6.07 Å². The zero-order chi connectivity index (χ0) is 14.8. The summed E-state index contributed by atoms with van der Waals surface area (Å²) in [5.74, 6) is 1.10. The molecule has 1 aliphatic rings. The molecule has 0 atom stereocenters. The zero-order valence-corrected chi connectivity index (χ0v) is 12.9. The molecule has 1 aliphatic carbocycles. The van der Waals surface area contributed by atoms with Crippen LogP contribution in [0.5, 0.6) is 0 Å². The Labute approximate surface area is 125 Å². The van der Waals surface area contributed by atoms with E-state index in [1.807, 2.05) is 37.1 Å². The van der Waals surface area contributed by atoms with E-state index in [1.54, 1.807) is 0 Å². The van der Waals surface area contributed by atoms with E-state index in [-0.39, 0.29) is 5.91 Å². The summed E-state index contributed by atoms with van der Waals surface area (Å²) in [7, 11) is 1.88. The smallest absolute Gasteiger partial charge is 0.289 e. The molecule has 1 amide bonds. The van der Waals surface area contributed by atoms with Crippen molar-refractivity contribution >= 4 is 16.9 Å². The summed E-state index contributed by atoms with van der Waals surface area (Å²) in [6.45, 7) is 2.89. The van der Waals surface area contributed by atoms with Gasteiger partial charge in [0, 0.05) is 19.0 Å². The molecule has 0 spiro atoms. The predicted octanol–water partition coefficient (Wildman–Crippen LogP) is 4.39. The lowest BCUT2D eigenvalue weighted by atomic mass is 9.89. The number of fused-ring (bicyclic) bond motifs is 1. The van der Waals surface area contributed by atoms with Gasteiger partial charge >= 0.3 is 0 Å². The van der Waals surface area contributed by atoms with Gasteiger partial charge in [0.05, 0.1) is 0 Å². The quantitative estimate of drug-likeness (QED) is 0.837. The van der Waals surface area contributed by atoms with Crippen molar-refractivity contribution in [2.24, 2.45) is 5.92 Å². The number of carbonyl (C=O) groups excluding carboxylic acids is 1. The van der Waals surface area contributed by atoms with Crippen molar-refractivity contribution in [3.63, 3.8) is 0 Å². The molecule has 2 aromatic rings. The molecule has 0 aliphatic heterocycles. The van der Waals surface area contributed by atoms with Crippen LogP contribution in [0, 0.1) is 12.8 Å². The number of carbonyl (C=O) groups is 1. The highest BCUT2D eigenvalue weighted by Gasteiger charge is 2.21. The fraction of sp³-hybridized carbons (Fsp3) is 0.500. The van der Waals surface area contributed by atoms with Crippen LogP contribution < -0.4 is 0 Å². The van der Waals surface area contributed by atoms with Crippen molar-refractivity contribution in [1.29, 1.82) is 0 Å². The fourth-order valence-electron chi connectivity index (χ4n) is 3.30. The third-order valence-corrected chi connectivity index (χ3v) is 4.49. The number of rotatable bonds is 3. The van der Waals surface area contributed by atoms with Crippen LogP contribution in [0.3, 0.4) is 0 Å². The Hall–Kier alpha value is -1.77. The summed E-state index contributed by atoms with van der Waals surface area (Å²) in [5, 5.41) is 1.00. The van der Waals surface area contributed by atoms with E-state index in [0.717, 1.165) is 17.5 Å². The first-order valence-electron chi connectivity index (χ1n) is 7.89. The number of benzene rings is 1. The Bertz CT molecular complexity index is 638. The maximum absolute atomic E-state index is 12.5. The molecule has 0 bridgehead atoms. The molecular weight excluding hydrogens is 262 g/mol. The highest BCUT2D eigenvalue weighted by atomic mass is 16.3. The molecule has 0 saturated heterocycles. The van der Waals surface area contributed by atoms with Crippen molar-refractivity contribution in [3.8, 4) is 0 Å². The van der Waals surface area contributed by atoms with Crippen molar-refractivity contribution in [3.05, 3.63) is 35.6 Å². The number of amides is 1. The van der Waals surface area contributed by atoms with E-state index in [9.17, 15) is 4.79 Å². The summed E-state index contributed by atoms with van der Waals surface area (Å²) in [6.07, 6.45) is 6.44. The van der Waals surface area contributed by atoms with Crippen LogP contribution in [-0.2, 0) is 0 Å². The molecule has 0 radical (unpaired) electrons.